The predicted octanol–water partition coefficient (Wildman–Crippen LogP) is 2.25. The van der Waals surface area contributed by atoms with Gasteiger partial charge in [0, 0.05) is 6.04 Å². The summed E-state index contributed by atoms with van der Waals surface area (Å²) in [6, 6.07) is 0.909. The molecule has 88 valence electrons. The minimum atomic E-state index is 0.909. The van der Waals surface area contributed by atoms with E-state index in [1.807, 2.05) is 0 Å². The molecule has 0 unspecified atom stereocenters. The number of rotatable bonds is 4. The number of nitrogens with zero attached hydrogens (tertiary/aromatic N) is 1. The van der Waals surface area contributed by atoms with Crippen molar-refractivity contribution in [1.82, 2.24) is 10.2 Å². The molecule has 1 saturated heterocycles. The normalized spacial score (nSPS) is 25.2. The van der Waals surface area contributed by atoms with E-state index in [1.54, 1.807) is 0 Å². The summed E-state index contributed by atoms with van der Waals surface area (Å²) in [7, 11) is 2.33. The molecule has 0 atom stereocenters. The van der Waals surface area contributed by atoms with Gasteiger partial charge in [-0.2, -0.15) is 0 Å². The largest absolute Gasteiger partial charge is 0.317 e. The van der Waals surface area contributed by atoms with Crippen molar-refractivity contribution < 1.29 is 0 Å². The fourth-order valence-corrected chi connectivity index (χ4v) is 3.08. The van der Waals surface area contributed by atoms with E-state index in [9.17, 15) is 0 Å². The highest BCUT2D eigenvalue weighted by Crippen LogP contribution is 2.24. The highest BCUT2D eigenvalue weighted by molar-refractivity contribution is 4.76. The van der Waals surface area contributed by atoms with E-state index in [1.165, 1.54) is 64.6 Å². The van der Waals surface area contributed by atoms with Crippen LogP contribution in [0.15, 0.2) is 0 Å². The standard InChI is InChI=1S/C13H26N2/c1-15(13-4-2-3-5-13)11-8-12-6-9-14-10-7-12/h12-14H,2-11H2,1H3. The first kappa shape index (κ1) is 11.4. The number of hydrogen-bond donors (Lipinski definition) is 1. The van der Waals surface area contributed by atoms with E-state index >= 15 is 0 Å². The van der Waals surface area contributed by atoms with Crippen molar-refractivity contribution in [3.05, 3.63) is 0 Å². The Morgan fingerprint density at radius 3 is 2.40 bits per heavy atom. The van der Waals surface area contributed by atoms with Gasteiger partial charge in [-0.1, -0.05) is 12.8 Å². The van der Waals surface area contributed by atoms with Crippen LogP contribution in [0.3, 0.4) is 0 Å². The molecule has 1 aliphatic heterocycles. The summed E-state index contributed by atoms with van der Waals surface area (Å²) in [6.45, 7) is 3.82. The predicted molar refractivity (Wildman–Crippen MR) is 65.1 cm³/mol. The van der Waals surface area contributed by atoms with Crippen molar-refractivity contribution in [1.29, 1.82) is 0 Å². The molecule has 2 nitrogen and oxygen atoms in total. The van der Waals surface area contributed by atoms with Crippen LogP contribution in [0.25, 0.3) is 0 Å². The summed E-state index contributed by atoms with van der Waals surface area (Å²) in [5.41, 5.74) is 0. The molecule has 0 aromatic rings. The van der Waals surface area contributed by atoms with E-state index in [0.29, 0.717) is 0 Å². The van der Waals surface area contributed by atoms with Crippen LogP contribution >= 0.6 is 0 Å². The second-order valence-electron chi connectivity index (χ2n) is 5.40. The summed E-state index contributed by atoms with van der Waals surface area (Å²) in [5.74, 6) is 0.995. The number of hydrogen-bond acceptors (Lipinski definition) is 2. The summed E-state index contributed by atoms with van der Waals surface area (Å²) < 4.78 is 0. The third kappa shape index (κ3) is 3.46. The lowest BCUT2D eigenvalue weighted by atomic mass is 9.94. The van der Waals surface area contributed by atoms with Crippen molar-refractivity contribution >= 4 is 0 Å². The van der Waals surface area contributed by atoms with Gasteiger partial charge in [0.25, 0.3) is 0 Å². The van der Waals surface area contributed by atoms with Crippen molar-refractivity contribution in [2.75, 3.05) is 26.7 Å². The average Bonchev–Trinajstić information content (AvgIpc) is 2.81. The van der Waals surface area contributed by atoms with E-state index in [0.717, 1.165) is 12.0 Å². The smallest absolute Gasteiger partial charge is 0.00922 e. The van der Waals surface area contributed by atoms with Gasteiger partial charge in [0.15, 0.2) is 0 Å². The maximum absolute atomic E-state index is 3.44. The highest BCUT2D eigenvalue weighted by Gasteiger charge is 2.20. The Balaban J connectivity index is 1.63. The van der Waals surface area contributed by atoms with E-state index < -0.39 is 0 Å². The van der Waals surface area contributed by atoms with Gasteiger partial charge in [0.1, 0.15) is 0 Å². The Bertz CT molecular complexity index is 169. The molecule has 15 heavy (non-hydrogen) atoms. The van der Waals surface area contributed by atoms with Gasteiger partial charge in [-0.05, 0) is 64.7 Å². The summed E-state index contributed by atoms with van der Waals surface area (Å²) in [6.07, 6.45) is 10.0. The van der Waals surface area contributed by atoms with Crippen molar-refractivity contribution in [3.63, 3.8) is 0 Å². The lowest BCUT2D eigenvalue weighted by Gasteiger charge is -2.28. The SMILES string of the molecule is CN(CCC1CCNCC1)C1CCCC1. The molecule has 1 saturated carbocycles. The van der Waals surface area contributed by atoms with Gasteiger partial charge in [-0.25, -0.2) is 0 Å². The van der Waals surface area contributed by atoms with Crippen LogP contribution in [0.2, 0.25) is 0 Å². The molecule has 0 aromatic heterocycles. The van der Waals surface area contributed by atoms with Crippen LogP contribution in [-0.2, 0) is 0 Å². The number of piperidine rings is 1. The molecule has 2 fully saturated rings. The van der Waals surface area contributed by atoms with Crippen LogP contribution in [-0.4, -0.2) is 37.6 Å². The second-order valence-corrected chi connectivity index (χ2v) is 5.40. The van der Waals surface area contributed by atoms with Gasteiger partial charge in [0.05, 0.1) is 0 Å². The summed E-state index contributed by atoms with van der Waals surface area (Å²) in [4.78, 5) is 2.62. The minimum Gasteiger partial charge on any atom is -0.317 e. The minimum absolute atomic E-state index is 0.909. The highest BCUT2D eigenvalue weighted by atomic mass is 15.1. The average molecular weight is 210 g/mol. The van der Waals surface area contributed by atoms with Crippen LogP contribution in [0.4, 0.5) is 0 Å². The van der Waals surface area contributed by atoms with E-state index in [2.05, 4.69) is 17.3 Å². The molecule has 0 radical (unpaired) electrons. The first-order chi connectivity index (χ1) is 7.36. The molecular weight excluding hydrogens is 184 g/mol. The molecule has 0 amide bonds. The fourth-order valence-electron chi connectivity index (χ4n) is 3.08. The molecule has 0 aromatic carbocycles. The lowest BCUT2D eigenvalue weighted by Crippen LogP contribution is -2.33. The van der Waals surface area contributed by atoms with Gasteiger partial charge in [0.2, 0.25) is 0 Å². The summed E-state index contributed by atoms with van der Waals surface area (Å²) >= 11 is 0. The van der Waals surface area contributed by atoms with E-state index in [-0.39, 0.29) is 0 Å². The van der Waals surface area contributed by atoms with Crippen LogP contribution < -0.4 is 5.32 Å². The molecule has 1 N–H and O–H groups in total. The Morgan fingerprint density at radius 2 is 1.73 bits per heavy atom. The molecule has 0 bridgehead atoms. The molecule has 1 aliphatic carbocycles. The van der Waals surface area contributed by atoms with Gasteiger partial charge in [-0.3, -0.25) is 0 Å². The molecule has 2 heteroatoms. The number of nitrogens with one attached hydrogen (secondary N) is 1. The molecule has 1 heterocycles. The maximum Gasteiger partial charge on any atom is 0.00922 e. The summed E-state index contributed by atoms with van der Waals surface area (Å²) in [5, 5.41) is 3.44. The fraction of sp³-hybridized carbons (Fsp3) is 1.00. The van der Waals surface area contributed by atoms with E-state index in [4.69, 9.17) is 0 Å². The zero-order chi connectivity index (χ0) is 10.5. The topological polar surface area (TPSA) is 15.3 Å². The quantitative estimate of drug-likeness (QED) is 0.765. The molecule has 2 rings (SSSR count). The molecule has 0 spiro atoms. The third-order valence-electron chi connectivity index (χ3n) is 4.30. The first-order valence-electron chi connectivity index (χ1n) is 6.77. The van der Waals surface area contributed by atoms with Crippen molar-refractivity contribution in [2.45, 2.75) is 51.0 Å². The van der Waals surface area contributed by atoms with Crippen molar-refractivity contribution in [3.8, 4) is 0 Å². The third-order valence-corrected chi connectivity index (χ3v) is 4.30. The Kier molecular flexibility index (Phi) is 4.45. The van der Waals surface area contributed by atoms with Gasteiger partial charge in [-0.15, -0.1) is 0 Å². The van der Waals surface area contributed by atoms with Crippen molar-refractivity contribution in [2.24, 2.45) is 5.92 Å². The zero-order valence-corrected chi connectivity index (χ0v) is 10.2. The Morgan fingerprint density at radius 1 is 1.07 bits per heavy atom. The van der Waals surface area contributed by atoms with Crippen LogP contribution in [0.1, 0.15) is 44.9 Å². The van der Waals surface area contributed by atoms with Crippen LogP contribution in [0.5, 0.6) is 0 Å². The monoisotopic (exact) mass is 210 g/mol. The van der Waals surface area contributed by atoms with Gasteiger partial charge >= 0.3 is 0 Å². The Labute approximate surface area is 94.4 Å². The first-order valence-corrected chi connectivity index (χ1v) is 6.77. The molecule has 2 aliphatic rings. The lowest BCUT2D eigenvalue weighted by molar-refractivity contribution is 0.215. The maximum atomic E-state index is 3.44. The molecular formula is C13H26N2. The zero-order valence-electron chi connectivity index (χ0n) is 10.2. The second kappa shape index (κ2) is 5.86. The van der Waals surface area contributed by atoms with Crippen LogP contribution in [0, 0.1) is 5.92 Å². The Hall–Kier alpha value is -0.0800. The van der Waals surface area contributed by atoms with Gasteiger partial charge < -0.3 is 10.2 Å².